The van der Waals surface area contributed by atoms with Gasteiger partial charge in [-0.05, 0) is 24.3 Å². The third-order valence-electron chi connectivity index (χ3n) is 11.4. The molecule has 0 fully saturated rings. The second-order valence-electron chi connectivity index (χ2n) is 18.0. The number of nitrogens with one attached hydrogen (secondary N) is 6. The molecule has 82 heavy (non-hydrogen) atoms. The van der Waals surface area contributed by atoms with E-state index in [1.165, 1.54) is 32.3 Å². The molecule has 8 rings (SSSR count). The summed E-state index contributed by atoms with van der Waals surface area (Å²) in [6.07, 6.45) is 13.5. The van der Waals surface area contributed by atoms with Crippen molar-refractivity contribution in [1.29, 1.82) is 0 Å². The number of carbonyl (C=O) groups excluding carboxylic acids is 6. The van der Waals surface area contributed by atoms with Crippen molar-refractivity contribution in [2.75, 3.05) is 71.6 Å². The van der Waals surface area contributed by atoms with Gasteiger partial charge in [0.15, 0.2) is 40.6 Å². The van der Waals surface area contributed by atoms with Crippen LogP contribution in [-0.4, -0.2) is 142 Å². The summed E-state index contributed by atoms with van der Waals surface area (Å²) in [5.41, 5.74) is 15.6. The molecular weight excluding hydrogens is 1060 g/mol. The Labute approximate surface area is 472 Å². The van der Waals surface area contributed by atoms with E-state index in [0.29, 0.717) is 69.2 Å². The molecule has 0 aliphatic carbocycles. The molecular formula is C52H72N20O10. The van der Waals surface area contributed by atoms with Gasteiger partial charge in [0.2, 0.25) is 11.6 Å². The van der Waals surface area contributed by atoms with Crippen LogP contribution in [0.2, 0.25) is 0 Å². The zero-order valence-electron chi connectivity index (χ0n) is 48.6. The SMILES string of the molecule is CC(=O)c1cc(N)cn1C.CC(=O)c1nc(N)cn1C.CNc1cc(C(=O)Nc2cn(C)c(C(C)=O)n2)n(C)c1.CNc1cc(C(=O)O)n(C)c1.CNc1cn(C)c(C(=O)Nc2cc(C(C)=O)n(C)c2)n1.CNc1cn(C)c(C(=O)O)n1. The maximum absolute atomic E-state index is 12.2. The second kappa shape index (κ2) is 29.3. The molecule has 0 unspecified atom stereocenters. The molecule has 0 aliphatic rings. The number of nitrogen functional groups attached to an aromatic ring is 2. The number of anilines is 8. The molecule has 8 aromatic heterocycles. The Bertz CT molecular complexity index is 3340. The maximum Gasteiger partial charge on any atom is 0.372 e. The van der Waals surface area contributed by atoms with Gasteiger partial charge in [0.1, 0.15) is 28.8 Å². The number of aromatic carboxylic acids is 2. The van der Waals surface area contributed by atoms with Gasteiger partial charge in [0.05, 0.1) is 34.1 Å². The molecule has 2 amide bonds. The highest BCUT2D eigenvalue weighted by atomic mass is 16.4. The Hall–Kier alpha value is -10.7. The van der Waals surface area contributed by atoms with E-state index < -0.39 is 11.9 Å². The predicted molar refractivity (Wildman–Crippen MR) is 311 cm³/mol. The Morgan fingerprint density at radius 2 is 0.768 bits per heavy atom. The van der Waals surface area contributed by atoms with Crippen molar-refractivity contribution in [1.82, 2.24) is 56.5 Å². The van der Waals surface area contributed by atoms with Crippen LogP contribution < -0.4 is 43.4 Å². The number of Topliss-reactive ketones (excluding diaryl/α,β-unsaturated/α-hetero) is 4. The van der Waals surface area contributed by atoms with Crippen LogP contribution >= 0.6 is 0 Å². The van der Waals surface area contributed by atoms with Crippen molar-refractivity contribution in [3.8, 4) is 0 Å². The highest BCUT2D eigenvalue weighted by molar-refractivity contribution is 6.04. The highest BCUT2D eigenvalue weighted by Crippen LogP contribution is 2.18. The van der Waals surface area contributed by atoms with Gasteiger partial charge in [-0.1, -0.05) is 0 Å². The number of amides is 2. The van der Waals surface area contributed by atoms with Gasteiger partial charge < -0.3 is 90.1 Å². The Balaban J connectivity index is 0.000000266. The lowest BCUT2D eigenvalue weighted by Gasteiger charge is -2.02. The minimum atomic E-state index is -1.02. The summed E-state index contributed by atoms with van der Waals surface area (Å²) >= 11 is 0. The number of rotatable bonds is 14. The summed E-state index contributed by atoms with van der Waals surface area (Å²) in [6, 6.07) is 6.64. The number of nitrogens with zero attached hydrogens (tertiary/aromatic N) is 12. The number of carboxylic acids is 2. The van der Waals surface area contributed by atoms with E-state index in [4.69, 9.17) is 21.7 Å². The summed E-state index contributed by atoms with van der Waals surface area (Å²) in [4.78, 5) is 105. The number of aromatic nitrogens is 12. The van der Waals surface area contributed by atoms with Gasteiger partial charge in [0, 0.05) is 162 Å². The third-order valence-corrected chi connectivity index (χ3v) is 11.4. The maximum atomic E-state index is 12.2. The number of nitrogens with two attached hydrogens (primary N) is 2. The van der Waals surface area contributed by atoms with E-state index in [2.05, 4.69) is 51.8 Å². The molecule has 12 N–H and O–H groups in total. The standard InChI is InChI=1S/2C13H17N5O2.C7H10N2O2.C7H10N2O.C6H9N3O2.C6H9N3O/c1-8(19)12-15-11(7-18(12)4)16-13(20)10-5-9(14-2)6-17(10)3;1-8(19)10-5-9(6-17(10)3)15-13(20)12-16-11(14-2)7-18(12)4;1-8-5-3-6(7(10)11)9(2)4-5;1-5(10)7-3-6(8)4-9(7)2;1-7-4-3-9(2)5(8-4)6(10)11;1-4(10)6-8-5(7)3-9(6)2/h5-7,14H,1-4H3,(H,16,20);5-7,14H,1-4H3,(H,15,20);3-4,8H,1-2H3,(H,10,11);3-4H,8H2,1-2H3;3,7H,1-2H3,(H,10,11);3H,7H2,1-2H3. The summed E-state index contributed by atoms with van der Waals surface area (Å²) in [7, 11) is 20.8. The lowest BCUT2D eigenvalue weighted by atomic mass is 10.3. The highest BCUT2D eigenvalue weighted by Gasteiger charge is 2.18. The molecule has 0 aromatic carbocycles. The van der Waals surface area contributed by atoms with E-state index in [0.717, 1.165) is 11.4 Å². The monoisotopic (exact) mass is 1140 g/mol. The molecule has 0 aliphatic heterocycles. The minimum absolute atomic E-state index is 0.0364. The zero-order chi connectivity index (χ0) is 62.0. The molecule has 30 nitrogen and oxygen atoms in total. The van der Waals surface area contributed by atoms with Crippen LogP contribution in [0.1, 0.15) is 112 Å². The summed E-state index contributed by atoms with van der Waals surface area (Å²) in [6.45, 7) is 5.90. The van der Waals surface area contributed by atoms with Gasteiger partial charge in [-0.2, -0.15) is 0 Å². The number of carbonyl (C=O) groups is 8. The number of ketones is 4. The molecule has 440 valence electrons. The van der Waals surface area contributed by atoms with Crippen LogP contribution in [0.4, 0.5) is 46.0 Å². The number of hydrogen-bond donors (Lipinski definition) is 10. The lowest BCUT2D eigenvalue weighted by Crippen LogP contribution is -2.16. The summed E-state index contributed by atoms with van der Waals surface area (Å²) in [5, 5.41) is 34.1. The molecule has 0 spiro atoms. The summed E-state index contributed by atoms with van der Waals surface area (Å²) in [5.74, 6) is 0.199. The van der Waals surface area contributed by atoms with Gasteiger partial charge in [-0.3, -0.25) is 28.8 Å². The molecule has 0 radical (unpaired) electrons. The van der Waals surface area contributed by atoms with E-state index in [-0.39, 0.29) is 46.5 Å². The van der Waals surface area contributed by atoms with Crippen molar-refractivity contribution in [3.05, 3.63) is 120 Å². The largest absolute Gasteiger partial charge is 0.477 e. The fourth-order valence-corrected chi connectivity index (χ4v) is 7.38. The molecule has 30 heteroatoms. The number of imidazole rings is 4. The van der Waals surface area contributed by atoms with Crippen LogP contribution in [0.25, 0.3) is 0 Å². The van der Waals surface area contributed by atoms with E-state index in [1.807, 2.05) is 6.20 Å². The second-order valence-corrected chi connectivity index (χ2v) is 18.0. The first-order valence-electron chi connectivity index (χ1n) is 24.5. The zero-order valence-corrected chi connectivity index (χ0v) is 48.6. The quantitative estimate of drug-likeness (QED) is 0.0672. The Morgan fingerprint density at radius 1 is 0.378 bits per heavy atom. The molecule has 0 bridgehead atoms. The molecule has 8 heterocycles. The fourth-order valence-electron chi connectivity index (χ4n) is 7.38. The average molecular weight is 1140 g/mol. The van der Waals surface area contributed by atoms with Crippen LogP contribution in [0, 0.1) is 0 Å². The van der Waals surface area contributed by atoms with Crippen molar-refractivity contribution < 1.29 is 48.6 Å². The van der Waals surface area contributed by atoms with Gasteiger partial charge in [-0.25, -0.2) is 29.5 Å². The minimum Gasteiger partial charge on any atom is -0.477 e. The topological polar surface area (TPSA) is 392 Å². The van der Waals surface area contributed by atoms with Crippen LogP contribution in [-0.2, 0) is 56.4 Å². The first-order valence-corrected chi connectivity index (χ1v) is 24.5. The average Bonchev–Trinajstić information content (AvgIpc) is 4.40. The van der Waals surface area contributed by atoms with Crippen molar-refractivity contribution in [2.24, 2.45) is 56.4 Å². The summed E-state index contributed by atoms with van der Waals surface area (Å²) < 4.78 is 13.0. The first kappa shape index (κ1) is 65.6. The van der Waals surface area contributed by atoms with Crippen molar-refractivity contribution >= 4 is 92.9 Å². The van der Waals surface area contributed by atoms with Crippen LogP contribution in [0.5, 0.6) is 0 Å². The molecule has 8 aromatic rings. The molecule has 0 saturated heterocycles. The fraction of sp³-hybridized carbons (Fsp3) is 0.308. The van der Waals surface area contributed by atoms with Gasteiger partial charge in [0.25, 0.3) is 11.8 Å². The lowest BCUT2D eigenvalue weighted by molar-refractivity contribution is 0.0672. The smallest absolute Gasteiger partial charge is 0.372 e. The number of hydrogen-bond acceptors (Lipinski definition) is 18. The number of aryl methyl sites for hydroxylation is 8. The molecule has 0 atom stereocenters. The van der Waals surface area contributed by atoms with Crippen molar-refractivity contribution in [3.63, 3.8) is 0 Å². The van der Waals surface area contributed by atoms with E-state index in [1.54, 1.807) is 184 Å². The van der Waals surface area contributed by atoms with Gasteiger partial charge in [-0.15, -0.1) is 0 Å². The van der Waals surface area contributed by atoms with Crippen LogP contribution in [0.15, 0.2) is 73.8 Å². The third kappa shape index (κ3) is 18.2. The first-order chi connectivity index (χ1) is 38.3. The van der Waals surface area contributed by atoms with Crippen LogP contribution in [0.3, 0.4) is 0 Å². The van der Waals surface area contributed by atoms with E-state index in [9.17, 15) is 38.4 Å². The molecule has 0 saturated carbocycles. The number of carboxylic acid groups (broad SMARTS) is 2. The predicted octanol–water partition coefficient (Wildman–Crippen LogP) is 4.45. The Morgan fingerprint density at radius 3 is 1.11 bits per heavy atom. The Kier molecular flexibility index (Phi) is 23.5. The normalized spacial score (nSPS) is 10.0. The van der Waals surface area contributed by atoms with E-state index >= 15 is 0 Å². The van der Waals surface area contributed by atoms with Gasteiger partial charge >= 0.3 is 11.9 Å². The van der Waals surface area contributed by atoms with Crippen molar-refractivity contribution in [2.45, 2.75) is 27.7 Å².